The number of ether oxygens (including phenoxy) is 1. The molecular formula is C23H19FN4O3. The largest absolute Gasteiger partial charge is 0.485 e. The first-order valence-corrected chi connectivity index (χ1v) is 9.52. The molecule has 8 heteroatoms. The number of pyridine rings is 1. The molecular weight excluding hydrogens is 399 g/mol. The number of aromatic nitrogens is 2. The van der Waals surface area contributed by atoms with E-state index >= 15 is 0 Å². The number of aryl methyl sites for hydroxylation is 1. The lowest BCUT2D eigenvalue weighted by Gasteiger charge is -2.13. The van der Waals surface area contributed by atoms with Crippen molar-refractivity contribution < 1.29 is 13.9 Å². The van der Waals surface area contributed by atoms with E-state index < -0.39 is 6.03 Å². The number of nitrogens with zero attached hydrogens (tertiary/aromatic N) is 2. The number of carbonyl (C=O) groups excluding carboxylic acids is 1. The van der Waals surface area contributed by atoms with Crippen LogP contribution in [-0.4, -0.2) is 15.4 Å². The molecule has 0 radical (unpaired) electrons. The summed E-state index contributed by atoms with van der Waals surface area (Å²) in [6.07, 6.45) is 1.73. The molecule has 0 saturated carbocycles. The van der Waals surface area contributed by atoms with E-state index in [9.17, 15) is 14.0 Å². The molecule has 0 bridgehead atoms. The summed E-state index contributed by atoms with van der Waals surface area (Å²) >= 11 is 0. The van der Waals surface area contributed by atoms with E-state index in [1.54, 1.807) is 36.5 Å². The van der Waals surface area contributed by atoms with Gasteiger partial charge in [-0.2, -0.15) is 0 Å². The summed E-state index contributed by atoms with van der Waals surface area (Å²) in [6, 6.07) is 16.9. The summed E-state index contributed by atoms with van der Waals surface area (Å²) in [5, 5.41) is 5.32. The van der Waals surface area contributed by atoms with Gasteiger partial charge in [-0.1, -0.05) is 18.2 Å². The Bertz CT molecular complexity index is 1300. The predicted octanol–water partition coefficient (Wildman–Crippen LogP) is 4.37. The molecule has 2 aromatic carbocycles. The van der Waals surface area contributed by atoms with Gasteiger partial charge in [-0.3, -0.25) is 9.20 Å². The van der Waals surface area contributed by atoms with Crippen molar-refractivity contribution in [3.05, 3.63) is 100 Å². The van der Waals surface area contributed by atoms with Crippen LogP contribution in [0, 0.1) is 12.7 Å². The number of urea groups is 1. The molecule has 156 valence electrons. The zero-order valence-electron chi connectivity index (χ0n) is 16.6. The van der Waals surface area contributed by atoms with E-state index in [0.717, 1.165) is 5.56 Å². The maximum Gasteiger partial charge on any atom is 0.323 e. The topological polar surface area (TPSA) is 84.7 Å². The standard InChI is InChI=1S/C23H19FN4O3/c1-15-6-11-21-25-18(12-22(29)28(21)13-15)14-31-20-5-3-2-4-19(20)27-23(30)26-17-9-7-16(24)8-10-17/h2-13H,14H2,1H3,(H2,26,27,30). The maximum atomic E-state index is 13.0. The molecule has 2 N–H and O–H groups in total. The van der Waals surface area contributed by atoms with Gasteiger partial charge in [0.1, 0.15) is 23.8 Å². The molecule has 0 saturated heterocycles. The fraction of sp³-hybridized carbons (Fsp3) is 0.0870. The first-order chi connectivity index (χ1) is 15.0. The van der Waals surface area contributed by atoms with Crippen LogP contribution in [0.3, 0.4) is 0 Å². The van der Waals surface area contributed by atoms with Crippen LogP contribution in [0.5, 0.6) is 5.75 Å². The van der Waals surface area contributed by atoms with Crippen molar-refractivity contribution in [3.63, 3.8) is 0 Å². The van der Waals surface area contributed by atoms with Crippen molar-refractivity contribution in [3.8, 4) is 5.75 Å². The highest BCUT2D eigenvalue weighted by molar-refractivity contribution is 6.00. The van der Waals surface area contributed by atoms with Crippen molar-refractivity contribution in [1.82, 2.24) is 9.38 Å². The van der Waals surface area contributed by atoms with Crippen molar-refractivity contribution in [1.29, 1.82) is 0 Å². The van der Waals surface area contributed by atoms with Crippen LogP contribution < -0.4 is 20.9 Å². The number of anilines is 2. The highest BCUT2D eigenvalue weighted by Gasteiger charge is 2.10. The Kier molecular flexibility index (Phi) is 5.61. The number of amides is 2. The van der Waals surface area contributed by atoms with Crippen LogP contribution in [0.25, 0.3) is 5.65 Å². The average Bonchev–Trinajstić information content (AvgIpc) is 2.75. The van der Waals surface area contributed by atoms with Gasteiger partial charge >= 0.3 is 6.03 Å². The molecule has 0 atom stereocenters. The zero-order valence-corrected chi connectivity index (χ0v) is 16.6. The number of hydrogen-bond donors (Lipinski definition) is 2. The Balaban J connectivity index is 1.47. The Morgan fingerprint density at radius 2 is 1.84 bits per heavy atom. The molecule has 0 spiro atoms. The summed E-state index contributed by atoms with van der Waals surface area (Å²) in [5.41, 5.74) is 2.65. The van der Waals surface area contributed by atoms with E-state index in [0.29, 0.717) is 28.5 Å². The second-order valence-corrected chi connectivity index (χ2v) is 6.89. The van der Waals surface area contributed by atoms with E-state index in [1.807, 2.05) is 13.0 Å². The minimum atomic E-state index is -0.500. The number of fused-ring (bicyclic) bond motifs is 1. The van der Waals surface area contributed by atoms with Gasteiger partial charge in [-0.25, -0.2) is 14.2 Å². The van der Waals surface area contributed by atoms with E-state index in [4.69, 9.17) is 4.74 Å². The molecule has 2 aromatic heterocycles. The van der Waals surface area contributed by atoms with Crippen LogP contribution in [0.4, 0.5) is 20.6 Å². The Morgan fingerprint density at radius 1 is 1.06 bits per heavy atom. The Labute approximate surface area is 177 Å². The average molecular weight is 418 g/mol. The normalized spacial score (nSPS) is 10.6. The third-order valence-corrected chi connectivity index (χ3v) is 4.47. The summed E-state index contributed by atoms with van der Waals surface area (Å²) in [7, 11) is 0. The third kappa shape index (κ3) is 4.87. The van der Waals surface area contributed by atoms with Gasteiger partial charge in [0.2, 0.25) is 0 Å². The van der Waals surface area contributed by atoms with E-state index in [-0.39, 0.29) is 18.0 Å². The SMILES string of the molecule is Cc1ccc2nc(COc3ccccc3NC(=O)Nc3ccc(F)cc3)cc(=O)n2c1. The van der Waals surface area contributed by atoms with Crippen LogP contribution in [0.15, 0.2) is 77.7 Å². The summed E-state index contributed by atoms with van der Waals surface area (Å²) in [4.78, 5) is 29.1. The lowest BCUT2D eigenvalue weighted by Crippen LogP contribution is -2.20. The molecule has 0 aliphatic rings. The van der Waals surface area contributed by atoms with Gasteiger partial charge in [0.15, 0.2) is 0 Å². The van der Waals surface area contributed by atoms with E-state index in [1.165, 1.54) is 34.7 Å². The van der Waals surface area contributed by atoms with Gasteiger partial charge in [-0.05, 0) is 55.0 Å². The zero-order chi connectivity index (χ0) is 21.8. The first kappa shape index (κ1) is 20.1. The Hall–Kier alpha value is -4.20. The third-order valence-electron chi connectivity index (χ3n) is 4.47. The number of benzene rings is 2. The predicted molar refractivity (Wildman–Crippen MR) is 116 cm³/mol. The highest BCUT2D eigenvalue weighted by atomic mass is 19.1. The molecule has 2 amide bonds. The molecule has 4 aromatic rings. The van der Waals surface area contributed by atoms with Crippen LogP contribution in [0.1, 0.15) is 11.3 Å². The van der Waals surface area contributed by atoms with Gasteiger partial charge in [0.25, 0.3) is 5.56 Å². The van der Waals surface area contributed by atoms with Gasteiger partial charge in [-0.15, -0.1) is 0 Å². The summed E-state index contributed by atoms with van der Waals surface area (Å²) < 4.78 is 20.3. The molecule has 4 rings (SSSR count). The summed E-state index contributed by atoms with van der Waals surface area (Å²) in [6.45, 7) is 1.96. The lowest BCUT2D eigenvalue weighted by molar-refractivity contribution is 0.261. The van der Waals surface area contributed by atoms with Crippen LogP contribution in [-0.2, 0) is 6.61 Å². The van der Waals surface area contributed by atoms with Crippen molar-refractivity contribution in [2.45, 2.75) is 13.5 Å². The molecule has 7 nitrogen and oxygen atoms in total. The number of halogens is 1. The monoisotopic (exact) mass is 418 g/mol. The maximum absolute atomic E-state index is 13.0. The minimum absolute atomic E-state index is 0.0535. The smallest absolute Gasteiger partial charge is 0.323 e. The Morgan fingerprint density at radius 3 is 2.65 bits per heavy atom. The van der Waals surface area contributed by atoms with E-state index in [2.05, 4.69) is 15.6 Å². The van der Waals surface area contributed by atoms with Crippen molar-refractivity contribution >= 4 is 23.1 Å². The fourth-order valence-electron chi connectivity index (χ4n) is 3.00. The molecule has 2 heterocycles. The second kappa shape index (κ2) is 8.66. The lowest BCUT2D eigenvalue weighted by atomic mass is 10.3. The summed E-state index contributed by atoms with van der Waals surface area (Å²) in [5.74, 6) is 0.0319. The molecule has 0 unspecified atom stereocenters. The quantitative estimate of drug-likeness (QED) is 0.504. The number of rotatable bonds is 5. The molecule has 0 aliphatic heterocycles. The van der Waals surface area contributed by atoms with Crippen LogP contribution >= 0.6 is 0 Å². The minimum Gasteiger partial charge on any atom is -0.485 e. The highest BCUT2D eigenvalue weighted by Crippen LogP contribution is 2.25. The number of hydrogen-bond acceptors (Lipinski definition) is 4. The van der Waals surface area contributed by atoms with Gasteiger partial charge in [0.05, 0.1) is 11.4 Å². The number of nitrogens with one attached hydrogen (secondary N) is 2. The first-order valence-electron chi connectivity index (χ1n) is 9.52. The van der Waals surface area contributed by atoms with Gasteiger partial charge in [0, 0.05) is 18.0 Å². The number of para-hydroxylation sites is 2. The fourth-order valence-corrected chi connectivity index (χ4v) is 3.00. The van der Waals surface area contributed by atoms with Crippen molar-refractivity contribution in [2.75, 3.05) is 10.6 Å². The van der Waals surface area contributed by atoms with Crippen LogP contribution in [0.2, 0.25) is 0 Å². The molecule has 31 heavy (non-hydrogen) atoms. The molecule has 0 aliphatic carbocycles. The molecule has 0 fully saturated rings. The van der Waals surface area contributed by atoms with Gasteiger partial charge < -0.3 is 15.4 Å². The number of carbonyl (C=O) groups is 1. The van der Waals surface area contributed by atoms with Crippen molar-refractivity contribution in [2.24, 2.45) is 0 Å². The second-order valence-electron chi connectivity index (χ2n) is 6.89.